The fraction of sp³-hybridized carbons (Fsp3) is 0. The van der Waals surface area contributed by atoms with Crippen LogP contribution in [0.15, 0.2) is 24.3 Å². The summed E-state index contributed by atoms with van der Waals surface area (Å²) in [6.45, 7) is 0. The molecule has 0 amide bonds. The fourth-order valence-corrected chi connectivity index (χ4v) is 1.46. The van der Waals surface area contributed by atoms with Gasteiger partial charge in [0.25, 0.3) is 0 Å². The summed E-state index contributed by atoms with van der Waals surface area (Å²) in [7, 11) is 0. The minimum absolute atomic E-state index is 0.281. The molecule has 0 atom stereocenters. The van der Waals surface area contributed by atoms with Crippen molar-refractivity contribution in [1.29, 1.82) is 0 Å². The van der Waals surface area contributed by atoms with Crippen LogP contribution >= 0.6 is 11.6 Å². The zero-order chi connectivity index (χ0) is 9.42. The molecule has 2 aromatic rings. The van der Waals surface area contributed by atoms with E-state index < -0.39 is 0 Å². The van der Waals surface area contributed by atoms with Gasteiger partial charge in [0.2, 0.25) is 0 Å². The lowest BCUT2D eigenvalue weighted by Crippen LogP contribution is -1.99. The van der Waals surface area contributed by atoms with E-state index in [0.29, 0.717) is 10.7 Å². The van der Waals surface area contributed by atoms with Gasteiger partial charge in [0, 0.05) is 5.39 Å². The Labute approximate surface area is 80.3 Å². The first-order valence-corrected chi connectivity index (χ1v) is 4.17. The summed E-state index contributed by atoms with van der Waals surface area (Å²) in [5.41, 5.74) is 12.3. The number of hydrogen-bond donors (Lipinski definition) is 2. The van der Waals surface area contributed by atoms with Crippen molar-refractivity contribution in [1.82, 2.24) is 4.98 Å². The summed E-state index contributed by atoms with van der Waals surface area (Å²) in [5, 5.41) is 1.30. The van der Waals surface area contributed by atoms with Gasteiger partial charge < -0.3 is 11.5 Å². The number of nitrogens with zero attached hydrogens (tertiary/aromatic N) is 1. The van der Waals surface area contributed by atoms with Gasteiger partial charge in [0.05, 0.1) is 16.2 Å². The van der Waals surface area contributed by atoms with Crippen molar-refractivity contribution in [2.45, 2.75) is 0 Å². The second kappa shape index (κ2) is 2.78. The van der Waals surface area contributed by atoms with Gasteiger partial charge in [-0.1, -0.05) is 29.8 Å². The Morgan fingerprint density at radius 1 is 1.15 bits per heavy atom. The van der Waals surface area contributed by atoms with Crippen LogP contribution in [0.1, 0.15) is 0 Å². The molecule has 4 N–H and O–H groups in total. The van der Waals surface area contributed by atoms with Crippen molar-refractivity contribution in [3.05, 3.63) is 29.3 Å². The molecule has 66 valence electrons. The number of aromatic nitrogens is 1. The van der Waals surface area contributed by atoms with Gasteiger partial charge in [-0.3, -0.25) is 0 Å². The number of anilines is 2. The van der Waals surface area contributed by atoms with E-state index in [2.05, 4.69) is 4.98 Å². The van der Waals surface area contributed by atoms with E-state index in [0.717, 1.165) is 10.9 Å². The molecule has 1 aromatic carbocycles. The Morgan fingerprint density at radius 2 is 1.85 bits per heavy atom. The van der Waals surface area contributed by atoms with Crippen molar-refractivity contribution in [3.63, 3.8) is 0 Å². The largest absolute Gasteiger partial charge is 0.395 e. The third-order valence-corrected chi connectivity index (χ3v) is 2.30. The number of pyridine rings is 1. The van der Waals surface area contributed by atoms with Crippen LogP contribution in [0, 0.1) is 0 Å². The summed E-state index contributed by atoms with van der Waals surface area (Å²) in [4.78, 5) is 4.10. The Balaban J connectivity index is 2.94. The summed E-state index contributed by atoms with van der Waals surface area (Å²) >= 11 is 5.99. The number of nitrogens with two attached hydrogens (primary N) is 2. The van der Waals surface area contributed by atoms with Crippen LogP contribution < -0.4 is 11.5 Å². The first kappa shape index (κ1) is 8.13. The molecule has 1 heterocycles. The topological polar surface area (TPSA) is 64.9 Å². The first-order chi connectivity index (χ1) is 6.20. The number of rotatable bonds is 0. The number of para-hydroxylation sites is 1. The molecule has 1 aromatic heterocycles. The average molecular weight is 194 g/mol. The van der Waals surface area contributed by atoms with E-state index in [1.165, 1.54) is 0 Å². The van der Waals surface area contributed by atoms with Crippen molar-refractivity contribution in [2.75, 3.05) is 11.5 Å². The van der Waals surface area contributed by atoms with E-state index in [9.17, 15) is 0 Å². The Kier molecular flexibility index (Phi) is 1.74. The molecule has 2 rings (SSSR count). The normalized spacial score (nSPS) is 10.5. The maximum Gasteiger partial charge on any atom is 0.148 e. The summed E-state index contributed by atoms with van der Waals surface area (Å²) in [5.74, 6) is 0.281. The fourth-order valence-electron chi connectivity index (χ4n) is 1.20. The highest BCUT2D eigenvalue weighted by Gasteiger charge is 2.06. The number of nitrogen functional groups attached to an aromatic ring is 2. The molecule has 3 nitrogen and oxygen atoms in total. The van der Waals surface area contributed by atoms with Crippen LogP contribution in [0.3, 0.4) is 0 Å². The highest BCUT2D eigenvalue weighted by Crippen LogP contribution is 2.30. The molecule has 0 unspecified atom stereocenters. The highest BCUT2D eigenvalue weighted by molar-refractivity contribution is 6.38. The number of halogens is 1. The summed E-state index contributed by atoms with van der Waals surface area (Å²) in [6, 6.07) is 7.46. The Bertz CT molecular complexity index is 468. The van der Waals surface area contributed by atoms with Crippen molar-refractivity contribution in [2.24, 2.45) is 0 Å². The molecular weight excluding hydrogens is 186 g/mol. The van der Waals surface area contributed by atoms with Crippen LogP contribution in [0.5, 0.6) is 0 Å². The Morgan fingerprint density at radius 3 is 2.62 bits per heavy atom. The van der Waals surface area contributed by atoms with Crippen LogP contribution in [-0.2, 0) is 0 Å². The van der Waals surface area contributed by atoms with Crippen LogP contribution in [0.2, 0.25) is 5.02 Å². The van der Waals surface area contributed by atoms with E-state index in [1.807, 2.05) is 24.3 Å². The second-order valence-electron chi connectivity index (χ2n) is 2.74. The second-order valence-corrected chi connectivity index (χ2v) is 3.12. The zero-order valence-electron chi connectivity index (χ0n) is 6.79. The van der Waals surface area contributed by atoms with Gasteiger partial charge in [-0.25, -0.2) is 4.98 Å². The highest BCUT2D eigenvalue weighted by atomic mass is 35.5. The molecule has 0 spiro atoms. The lowest BCUT2D eigenvalue weighted by Gasteiger charge is -2.05. The van der Waals surface area contributed by atoms with Gasteiger partial charge >= 0.3 is 0 Å². The predicted molar refractivity (Wildman–Crippen MR) is 55.6 cm³/mol. The Hall–Kier alpha value is -1.48. The quantitative estimate of drug-likeness (QED) is 0.673. The lowest BCUT2D eigenvalue weighted by molar-refractivity contribution is 1.42. The van der Waals surface area contributed by atoms with Crippen LogP contribution in [-0.4, -0.2) is 4.98 Å². The lowest BCUT2D eigenvalue weighted by atomic mass is 10.2. The first-order valence-electron chi connectivity index (χ1n) is 3.79. The van der Waals surface area contributed by atoms with Crippen LogP contribution in [0.4, 0.5) is 11.5 Å². The van der Waals surface area contributed by atoms with E-state index >= 15 is 0 Å². The monoisotopic (exact) mass is 193 g/mol. The summed E-state index contributed by atoms with van der Waals surface area (Å²) in [6.07, 6.45) is 0. The molecule has 0 bridgehead atoms. The summed E-state index contributed by atoms with van der Waals surface area (Å²) < 4.78 is 0. The van der Waals surface area contributed by atoms with Crippen molar-refractivity contribution in [3.8, 4) is 0 Å². The average Bonchev–Trinajstić information content (AvgIpc) is 2.15. The van der Waals surface area contributed by atoms with Gasteiger partial charge in [-0.2, -0.15) is 0 Å². The van der Waals surface area contributed by atoms with E-state index in [-0.39, 0.29) is 5.82 Å². The molecule has 0 fully saturated rings. The molecule has 4 heteroatoms. The minimum Gasteiger partial charge on any atom is -0.395 e. The van der Waals surface area contributed by atoms with Crippen LogP contribution in [0.25, 0.3) is 10.9 Å². The van der Waals surface area contributed by atoms with E-state index in [4.69, 9.17) is 23.1 Å². The number of benzene rings is 1. The molecule has 0 saturated heterocycles. The smallest absolute Gasteiger partial charge is 0.148 e. The molecular formula is C9H8ClN3. The maximum absolute atomic E-state index is 5.99. The van der Waals surface area contributed by atoms with Gasteiger partial charge in [-0.05, 0) is 6.07 Å². The molecule has 0 aliphatic heterocycles. The van der Waals surface area contributed by atoms with Gasteiger partial charge in [-0.15, -0.1) is 0 Å². The zero-order valence-corrected chi connectivity index (χ0v) is 7.55. The SMILES string of the molecule is Nc1nc2ccccc2c(Cl)c1N. The predicted octanol–water partition coefficient (Wildman–Crippen LogP) is 2.05. The molecule has 0 aliphatic carbocycles. The third-order valence-electron chi connectivity index (χ3n) is 1.89. The van der Waals surface area contributed by atoms with Gasteiger partial charge in [0.15, 0.2) is 0 Å². The van der Waals surface area contributed by atoms with E-state index in [1.54, 1.807) is 0 Å². The number of fused-ring (bicyclic) bond motifs is 1. The third kappa shape index (κ3) is 1.17. The molecule has 0 radical (unpaired) electrons. The maximum atomic E-state index is 5.99. The number of hydrogen-bond acceptors (Lipinski definition) is 3. The minimum atomic E-state index is 0.281. The standard InChI is InChI=1S/C9H8ClN3/c10-7-5-3-1-2-4-6(5)13-9(12)8(7)11/h1-4H,11H2,(H2,12,13). The van der Waals surface area contributed by atoms with Crippen molar-refractivity contribution >= 4 is 34.0 Å². The van der Waals surface area contributed by atoms with Crippen molar-refractivity contribution < 1.29 is 0 Å². The molecule has 0 saturated carbocycles. The van der Waals surface area contributed by atoms with Gasteiger partial charge in [0.1, 0.15) is 5.82 Å². The molecule has 13 heavy (non-hydrogen) atoms. The molecule has 0 aliphatic rings.